The number of aryl methyl sites for hydroxylation is 1. The second-order valence-electron chi connectivity index (χ2n) is 5.28. The molecule has 4 heteroatoms. The summed E-state index contributed by atoms with van der Waals surface area (Å²) in [5.41, 5.74) is 1.74. The van der Waals surface area contributed by atoms with Crippen molar-refractivity contribution in [2.24, 2.45) is 11.8 Å². The van der Waals surface area contributed by atoms with Crippen LogP contribution in [-0.2, 0) is 0 Å². The van der Waals surface area contributed by atoms with Crippen molar-refractivity contribution in [3.05, 3.63) is 33.8 Å². The average molecular weight is 326 g/mol. The fraction of sp³-hybridized carbons (Fsp3) is 0.533. The van der Waals surface area contributed by atoms with Crippen LogP contribution in [0.1, 0.15) is 35.2 Å². The van der Waals surface area contributed by atoms with E-state index in [1.807, 2.05) is 25.1 Å². The molecule has 0 spiro atoms. The Morgan fingerprint density at radius 2 is 2.16 bits per heavy atom. The molecule has 3 nitrogen and oxygen atoms in total. The molecule has 1 aliphatic carbocycles. The molecule has 104 valence electrons. The Morgan fingerprint density at radius 3 is 2.89 bits per heavy atom. The maximum absolute atomic E-state index is 12.2. The molecular weight excluding hydrogens is 306 g/mol. The quantitative estimate of drug-likeness (QED) is 0.894. The molecule has 1 fully saturated rings. The van der Waals surface area contributed by atoms with Crippen LogP contribution in [0.2, 0.25) is 0 Å². The van der Waals surface area contributed by atoms with Crippen LogP contribution in [0.3, 0.4) is 0 Å². The molecule has 1 saturated carbocycles. The molecule has 0 aliphatic heterocycles. The first-order chi connectivity index (χ1) is 9.13. The van der Waals surface area contributed by atoms with Gasteiger partial charge in [0.2, 0.25) is 0 Å². The minimum Gasteiger partial charge on any atom is -0.396 e. The summed E-state index contributed by atoms with van der Waals surface area (Å²) in [4.78, 5) is 12.2. The lowest BCUT2D eigenvalue weighted by atomic mass is 9.97. The number of halogens is 1. The lowest BCUT2D eigenvalue weighted by Gasteiger charge is -2.18. The summed E-state index contributed by atoms with van der Waals surface area (Å²) in [6, 6.07) is 5.69. The standard InChI is InChI=1S/C15H20BrNO2/c1-10-4-2-7-13(14(10)16)15(19)17-8-11-5-3-6-12(11)9-18/h2,4,7,11-12,18H,3,5-6,8-9H2,1H3,(H,17,19). The Labute approximate surface area is 122 Å². The van der Waals surface area contributed by atoms with Crippen molar-refractivity contribution in [3.8, 4) is 0 Å². The van der Waals surface area contributed by atoms with Crippen LogP contribution in [0.4, 0.5) is 0 Å². The van der Waals surface area contributed by atoms with Gasteiger partial charge in [0.25, 0.3) is 5.91 Å². The van der Waals surface area contributed by atoms with Gasteiger partial charge in [0.05, 0.1) is 5.56 Å². The van der Waals surface area contributed by atoms with Crippen LogP contribution in [0, 0.1) is 18.8 Å². The molecule has 2 atom stereocenters. The van der Waals surface area contributed by atoms with Crippen LogP contribution >= 0.6 is 15.9 Å². The molecule has 0 radical (unpaired) electrons. The van der Waals surface area contributed by atoms with E-state index in [1.54, 1.807) is 0 Å². The first-order valence-corrected chi connectivity index (χ1v) is 7.57. The number of aliphatic hydroxyl groups excluding tert-OH is 1. The predicted molar refractivity (Wildman–Crippen MR) is 79.1 cm³/mol. The van der Waals surface area contributed by atoms with Crippen molar-refractivity contribution in [2.45, 2.75) is 26.2 Å². The number of hydrogen-bond acceptors (Lipinski definition) is 2. The van der Waals surface area contributed by atoms with Gasteiger partial charge in [0.15, 0.2) is 0 Å². The van der Waals surface area contributed by atoms with E-state index in [2.05, 4.69) is 21.2 Å². The smallest absolute Gasteiger partial charge is 0.252 e. The molecule has 1 aromatic carbocycles. The molecule has 2 rings (SSSR count). The third kappa shape index (κ3) is 3.37. The molecule has 0 aromatic heterocycles. The monoisotopic (exact) mass is 325 g/mol. The van der Waals surface area contributed by atoms with E-state index in [0.29, 0.717) is 23.9 Å². The third-order valence-corrected chi connectivity index (χ3v) is 5.06. The molecule has 1 aromatic rings. The number of benzene rings is 1. The fourth-order valence-corrected chi connectivity index (χ4v) is 3.21. The minimum atomic E-state index is -0.0424. The molecule has 0 heterocycles. The topological polar surface area (TPSA) is 49.3 Å². The van der Waals surface area contributed by atoms with Gasteiger partial charge in [-0.2, -0.15) is 0 Å². The lowest BCUT2D eigenvalue weighted by Crippen LogP contribution is -2.31. The number of carbonyl (C=O) groups excluding carboxylic acids is 1. The lowest BCUT2D eigenvalue weighted by molar-refractivity contribution is 0.0937. The Hall–Kier alpha value is -0.870. The van der Waals surface area contributed by atoms with Gasteiger partial charge in [0.1, 0.15) is 0 Å². The predicted octanol–water partition coefficient (Wildman–Crippen LogP) is 2.90. The highest BCUT2D eigenvalue weighted by atomic mass is 79.9. The minimum absolute atomic E-state index is 0.0424. The number of carbonyl (C=O) groups is 1. The summed E-state index contributed by atoms with van der Waals surface area (Å²) < 4.78 is 0.859. The number of nitrogens with one attached hydrogen (secondary N) is 1. The second-order valence-corrected chi connectivity index (χ2v) is 6.07. The van der Waals surface area contributed by atoms with E-state index in [4.69, 9.17) is 0 Å². The highest BCUT2D eigenvalue weighted by Gasteiger charge is 2.27. The van der Waals surface area contributed by atoms with E-state index >= 15 is 0 Å². The van der Waals surface area contributed by atoms with Crippen LogP contribution in [0.15, 0.2) is 22.7 Å². The largest absolute Gasteiger partial charge is 0.396 e. The second kappa shape index (κ2) is 6.53. The molecular formula is C15H20BrNO2. The summed E-state index contributed by atoms with van der Waals surface area (Å²) in [5.74, 6) is 0.720. The average Bonchev–Trinajstić information content (AvgIpc) is 2.86. The number of aliphatic hydroxyl groups is 1. The Bertz CT molecular complexity index is 461. The maximum Gasteiger partial charge on any atom is 0.252 e. The highest BCUT2D eigenvalue weighted by molar-refractivity contribution is 9.10. The van der Waals surface area contributed by atoms with Gasteiger partial charge in [-0.15, -0.1) is 0 Å². The first kappa shape index (κ1) is 14.5. The Kier molecular flexibility index (Phi) is 4.99. The van der Waals surface area contributed by atoms with Crippen molar-refractivity contribution in [2.75, 3.05) is 13.2 Å². The Balaban J connectivity index is 1.96. The summed E-state index contributed by atoms with van der Waals surface area (Å²) in [7, 11) is 0. The molecule has 2 N–H and O–H groups in total. The van der Waals surface area contributed by atoms with Gasteiger partial charge in [-0.1, -0.05) is 18.6 Å². The molecule has 1 amide bonds. The van der Waals surface area contributed by atoms with Crippen LogP contribution in [0.5, 0.6) is 0 Å². The zero-order valence-corrected chi connectivity index (χ0v) is 12.7. The van der Waals surface area contributed by atoms with Gasteiger partial charge in [-0.25, -0.2) is 0 Å². The number of hydrogen-bond donors (Lipinski definition) is 2. The van der Waals surface area contributed by atoms with E-state index in [9.17, 15) is 9.90 Å². The number of rotatable bonds is 4. The molecule has 2 unspecified atom stereocenters. The molecule has 0 saturated heterocycles. The maximum atomic E-state index is 12.2. The van der Waals surface area contributed by atoms with Gasteiger partial charge < -0.3 is 10.4 Å². The van der Waals surface area contributed by atoms with E-state index in [-0.39, 0.29) is 12.5 Å². The fourth-order valence-electron chi connectivity index (χ4n) is 2.76. The SMILES string of the molecule is Cc1cccc(C(=O)NCC2CCCC2CO)c1Br. The highest BCUT2D eigenvalue weighted by Crippen LogP contribution is 2.30. The summed E-state index contributed by atoms with van der Waals surface area (Å²) in [6.45, 7) is 2.86. The van der Waals surface area contributed by atoms with Crippen molar-refractivity contribution in [3.63, 3.8) is 0 Å². The van der Waals surface area contributed by atoms with E-state index in [0.717, 1.165) is 29.3 Å². The van der Waals surface area contributed by atoms with Crippen LogP contribution < -0.4 is 5.32 Å². The number of amides is 1. The first-order valence-electron chi connectivity index (χ1n) is 6.77. The van der Waals surface area contributed by atoms with Crippen molar-refractivity contribution in [1.82, 2.24) is 5.32 Å². The zero-order chi connectivity index (χ0) is 13.8. The normalized spacial score (nSPS) is 22.5. The van der Waals surface area contributed by atoms with Crippen molar-refractivity contribution >= 4 is 21.8 Å². The third-order valence-electron chi connectivity index (χ3n) is 4.01. The van der Waals surface area contributed by atoms with Gasteiger partial charge in [-0.05, 0) is 59.2 Å². The van der Waals surface area contributed by atoms with Crippen molar-refractivity contribution < 1.29 is 9.90 Å². The summed E-state index contributed by atoms with van der Waals surface area (Å²) in [6.07, 6.45) is 3.32. The Morgan fingerprint density at radius 1 is 1.42 bits per heavy atom. The van der Waals surface area contributed by atoms with Crippen LogP contribution in [-0.4, -0.2) is 24.2 Å². The molecule has 1 aliphatic rings. The van der Waals surface area contributed by atoms with E-state index in [1.165, 1.54) is 0 Å². The summed E-state index contributed by atoms with van der Waals surface area (Å²) >= 11 is 3.46. The van der Waals surface area contributed by atoms with E-state index < -0.39 is 0 Å². The van der Waals surface area contributed by atoms with Gasteiger partial charge in [-0.3, -0.25) is 4.79 Å². The van der Waals surface area contributed by atoms with Gasteiger partial charge in [0, 0.05) is 17.6 Å². The van der Waals surface area contributed by atoms with Gasteiger partial charge >= 0.3 is 0 Å². The van der Waals surface area contributed by atoms with Crippen LogP contribution in [0.25, 0.3) is 0 Å². The zero-order valence-electron chi connectivity index (χ0n) is 11.2. The van der Waals surface area contributed by atoms with Crippen molar-refractivity contribution in [1.29, 1.82) is 0 Å². The summed E-state index contributed by atoms with van der Waals surface area (Å²) in [5, 5.41) is 12.3. The molecule has 19 heavy (non-hydrogen) atoms. The molecule has 0 bridgehead atoms.